The van der Waals surface area contributed by atoms with Gasteiger partial charge in [0.2, 0.25) is 5.91 Å². The highest BCUT2D eigenvalue weighted by atomic mass is 16.2. The second-order valence-electron chi connectivity index (χ2n) is 4.90. The minimum absolute atomic E-state index is 0.0870. The molecule has 3 nitrogen and oxygen atoms in total. The molecular weight excluding hydrogens is 212 g/mol. The van der Waals surface area contributed by atoms with E-state index in [-0.39, 0.29) is 11.3 Å². The number of carbonyl (C=O) groups is 1. The molecule has 0 unspecified atom stereocenters. The van der Waals surface area contributed by atoms with E-state index < -0.39 is 0 Å². The Kier molecular flexibility index (Phi) is 3.20. The zero-order valence-corrected chi connectivity index (χ0v) is 10.5. The third-order valence-corrected chi connectivity index (χ3v) is 3.70. The van der Waals surface area contributed by atoms with Gasteiger partial charge in [0.25, 0.3) is 0 Å². The van der Waals surface area contributed by atoms with Crippen molar-refractivity contribution in [3.63, 3.8) is 0 Å². The molecule has 0 heterocycles. The molecule has 3 heteroatoms. The van der Waals surface area contributed by atoms with Crippen LogP contribution in [0.3, 0.4) is 0 Å². The zero-order valence-electron chi connectivity index (χ0n) is 10.5. The van der Waals surface area contributed by atoms with Crippen LogP contribution in [0.2, 0.25) is 0 Å². The summed E-state index contributed by atoms with van der Waals surface area (Å²) in [6, 6.07) is 6.11. The van der Waals surface area contributed by atoms with Gasteiger partial charge < -0.3 is 11.1 Å². The minimum atomic E-state index is -0.284. The molecule has 0 atom stereocenters. The van der Waals surface area contributed by atoms with Crippen LogP contribution in [0.4, 0.5) is 5.69 Å². The number of nitrogens with two attached hydrogens (primary N) is 1. The Morgan fingerprint density at radius 2 is 2.18 bits per heavy atom. The molecule has 0 bridgehead atoms. The summed E-state index contributed by atoms with van der Waals surface area (Å²) in [5, 5.41) is 3.06. The van der Waals surface area contributed by atoms with Crippen LogP contribution in [0, 0.1) is 12.3 Å². The van der Waals surface area contributed by atoms with Crippen molar-refractivity contribution in [1.82, 2.24) is 0 Å². The van der Waals surface area contributed by atoms with Crippen molar-refractivity contribution in [3.8, 4) is 0 Å². The van der Waals surface area contributed by atoms with Crippen molar-refractivity contribution >= 4 is 11.6 Å². The number of nitrogens with one attached hydrogen (secondary N) is 1. The summed E-state index contributed by atoms with van der Waals surface area (Å²) in [5.41, 5.74) is 8.66. The molecule has 0 aromatic heterocycles. The normalized spacial score (nSPS) is 16.6. The van der Waals surface area contributed by atoms with Gasteiger partial charge in [0, 0.05) is 12.2 Å². The van der Waals surface area contributed by atoms with E-state index >= 15 is 0 Å². The number of hydrogen-bond acceptors (Lipinski definition) is 2. The number of benzene rings is 1. The van der Waals surface area contributed by atoms with E-state index in [2.05, 4.69) is 18.3 Å². The van der Waals surface area contributed by atoms with Crippen molar-refractivity contribution in [1.29, 1.82) is 0 Å². The first kappa shape index (κ1) is 12.1. The smallest absolute Gasteiger partial charge is 0.231 e. The van der Waals surface area contributed by atoms with Gasteiger partial charge in [0.1, 0.15) is 0 Å². The summed E-state index contributed by atoms with van der Waals surface area (Å²) in [6.45, 7) is 4.57. The fourth-order valence-electron chi connectivity index (χ4n) is 2.12. The molecule has 0 spiro atoms. The van der Waals surface area contributed by atoms with E-state index in [9.17, 15) is 4.79 Å². The molecule has 1 saturated carbocycles. The highest BCUT2D eigenvalue weighted by Crippen LogP contribution is 2.45. The van der Waals surface area contributed by atoms with E-state index in [1.807, 2.05) is 19.1 Å². The second-order valence-corrected chi connectivity index (χ2v) is 4.90. The summed E-state index contributed by atoms with van der Waals surface area (Å²) < 4.78 is 0. The molecule has 1 amide bonds. The summed E-state index contributed by atoms with van der Waals surface area (Å²) in [6.07, 6.45) is 2.76. The number of aryl methyl sites for hydroxylation is 2. The van der Waals surface area contributed by atoms with Crippen molar-refractivity contribution in [2.24, 2.45) is 11.1 Å². The molecule has 1 aromatic rings. The number of rotatable bonds is 4. The van der Waals surface area contributed by atoms with Gasteiger partial charge in [-0.2, -0.15) is 0 Å². The molecule has 17 heavy (non-hydrogen) atoms. The Morgan fingerprint density at radius 3 is 2.71 bits per heavy atom. The van der Waals surface area contributed by atoms with Crippen LogP contribution in [-0.4, -0.2) is 12.5 Å². The van der Waals surface area contributed by atoms with Crippen LogP contribution in [0.25, 0.3) is 0 Å². The average molecular weight is 232 g/mol. The maximum absolute atomic E-state index is 12.2. The number of anilines is 1. The number of para-hydroxylation sites is 1. The van der Waals surface area contributed by atoms with Gasteiger partial charge in [-0.05, 0) is 37.3 Å². The lowest BCUT2D eigenvalue weighted by Gasteiger charge is -2.17. The summed E-state index contributed by atoms with van der Waals surface area (Å²) in [7, 11) is 0. The van der Waals surface area contributed by atoms with Crippen LogP contribution in [0.5, 0.6) is 0 Å². The Bertz CT molecular complexity index is 436. The lowest BCUT2D eigenvalue weighted by Crippen LogP contribution is -2.31. The van der Waals surface area contributed by atoms with E-state index in [4.69, 9.17) is 5.73 Å². The lowest BCUT2D eigenvalue weighted by molar-refractivity contribution is -0.120. The van der Waals surface area contributed by atoms with Gasteiger partial charge in [-0.15, -0.1) is 0 Å². The molecule has 0 radical (unpaired) electrons. The van der Waals surface area contributed by atoms with Gasteiger partial charge in [-0.25, -0.2) is 0 Å². The zero-order chi connectivity index (χ0) is 12.5. The lowest BCUT2D eigenvalue weighted by atomic mass is 10.0. The summed E-state index contributed by atoms with van der Waals surface area (Å²) in [5.74, 6) is 0.0870. The summed E-state index contributed by atoms with van der Waals surface area (Å²) >= 11 is 0. The maximum Gasteiger partial charge on any atom is 0.231 e. The highest BCUT2D eigenvalue weighted by Gasteiger charge is 2.48. The predicted octanol–water partition coefficient (Wildman–Crippen LogP) is 2.23. The van der Waals surface area contributed by atoms with Crippen molar-refractivity contribution < 1.29 is 4.79 Å². The molecular formula is C14H20N2O. The molecule has 3 N–H and O–H groups in total. The van der Waals surface area contributed by atoms with E-state index in [0.717, 1.165) is 30.5 Å². The van der Waals surface area contributed by atoms with Crippen molar-refractivity contribution in [3.05, 3.63) is 29.3 Å². The second kappa shape index (κ2) is 4.49. The average Bonchev–Trinajstić information content (AvgIpc) is 3.12. The Labute approximate surface area is 102 Å². The van der Waals surface area contributed by atoms with Gasteiger partial charge >= 0.3 is 0 Å². The first-order valence-electron chi connectivity index (χ1n) is 6.23. The van der Waals surface area contributed by atoms with Gasteiger partial charge in [-0.3, -0.25) is 4.79 Å². The molecule has 1 aromatic carbocycles. The molecule has 2 rings (SSSR count). The van der Waals surface area contributed by atoms with Crippen LogP contribution < -0.4 is 11.1 Å². The van der Waals surface area contributed by atoms with Crippen LogP contribution in [-0.2, 0) is 11.2 Å². The molecule has 92 valence electrons. The largest absolute Gasteiger partial charge is 0.329 e. The minimum Gasteiger partial charge on any atom is -0.329 e. The monoisotopic (exact) mass is 232 g/mol. The number of hydrogen-bond donors (Lipinski definition) is 2. The number of carbonyl (C=O) groups excluding carboxylic acids is 1. The first-order chi connectivity index (χ1) is 8.13. The quantitative estimate of drug-likeness (QED) is 0.836. The van der Waals surface area contributed by atoms with Gasteiger partial charge in [0.15, 0.2) is 0 Å². The topological polar surface area (TPSA) is 55.1 Å². The third-order valence-electron chi connectivity index (χ3n) is 3.70. The van der Waals surface area contributed by atoms with E-state index in [1.165, 1.54) is 5.56 Å². The van der Waals surface area contributed by atoms with Crippen molar-refractivity contribution in [2.45, 2.75) is 33.1 Å². The van der Waals surface area contributed by atoms with Crippen molar-refractivity contribution in [2.75, 3.05) is 11.9 Å². The van der Waals surface area contributed by atoms with Crippen LogP contribution in [0.15, 0.2) is 18.2 Å². The van der Waals surface area contributed by atoms with E-state index in [1.54, 1.807) is 0 Å². The molecule has 0 saturated heterocycles. The van der Waals surface area contributed by atoms with E-state index in [0.29, 0.717) is 6.54 Å². The number of amides is 1. The molecule has 1 aliphatic rings. The fourth-order valence-corrected chi connectivity index (χ4v) is 2.12. The van der Waals surface area contributed by atoms with Crippen LogP contribution >= 0.6 is 0 Å². The maximum atomic E-state index is 12.2. The Balaban J connectivity index is 2.21. The molecule has 0 aliphatic heterocycles. The van der Waals surface area contributed by atoms with Gasteiger partial charge in [0.05, 0.1) is 5.41 Å². The molecule has 1 fully saturated rings. The Hall–Kier alpha value is -1.35. The van der Waals surface area contributed by atoms with Crippen LogP contribution in [0.1, 0.15) is 30.9 Å². The standard InChI is InChI=1S/C14H20N2O/c1-3-11-6-4-5-10(2)12(11)16-13(17)14(9-15)7-8-14/h4-6H,3,7-9,15H2,1-2H3,(H,16,17). The first-order valence-corrected chi connectivity index (χ1v) is 6.23. The highest BCUT2D eigenvalue weighted by molar-refractivity contribution is 5.98. The third kappa shape index (κ3) is 2.20. The SMILES string of the molecule is CCc1cccc(C)c1NC(=O)C1(CN)CC1. The summed E-state index contributed by atoms with van der Waals surface area (Å²) in [4.78, 5) is 12.2. The predicted molar refractivity (Wildman–Crippen MR) is 69.9 cm³/mol. The molecule has 1 aliphatic carbocycles. The van der Waals surface area contributed by atoms with Gasteiger partial charge in [-0.1, -0.05) is 25.1 Å². The fraction of sp³-hybridized carbons (Fsp3) is 0.500. The Morgan fingerprint density at radius 1 is 1.47 bits per heavy atom.